The molecule has 1 aromatic carbocycles. The van der Waals surface area contributed by atoms with Gasteiger partial charge in [-0.2, -0.15) is 0 Å². The third kappa shape index (κ3) is 2.25. The lowest BCUT2D eigenvalue weighted by atomic mass is 10.2. The summed E-state index contributed by atoms with van der Waals surface area (Å²) < 4.78 is 1.02. The van der Waals surface area contributed by atoms with Gasteiger partial charge in [0.15, 0.2) is 0 Å². The number of pyridine rings is 1. The number of nitrogens with one attached hydrogen (secondary N) is 1. The number of hydrogen-bond acceptors (Lipinski definition) is 2. The summed E-state index contributed by atoms with van der Waals surface area (Å²) in [6.07, 6.45) is 4.01. The van der Waals surface area contributed by atoms with E-state index in [1.54, 1.807) is 0 Å². The van der Waals surface area contributed by atoms with Crippen molar-refractivity contribution in [1.29, 1.82) is 0 Å². The second-order valence-electron chi connectivity index (χ2n) is 4.41. The van der Waals surface area contributed by atoms with Gasteiger partial charge in [-0.05, 0) is 58.6 Å². The van der Waals surface area contributed by atoms with Crippen LogP contribution in [0.25, 0.3) is 0 Å². The molecule has 0 saturated heterocycles. The molecule has 0 fully saturated rings. The van der Waals surface area contributed by atoms with Crippen LogP contribution < -0.4 is 5.32 Å². The maximum absolute atomic E-state index is 6.03. The molecule has 4 heteroatoms. The van der Waals surface area contributed by atoms with Gasteiger partial charge in [0.25, 0.3) is 0 Å². The van der Waals surface area contributed by atoms with Crippen molar-refractivity contribution in [3.63, 3.8) is 0 Å². The van der Waals surface area contributed by atoms with E-state index in [-0.39, 0.29) is 6.04 Å². The van der Waals surface area contributed by atoms with Crippen molar-refractivity contribution in [2.45, 2.75) is 18.9 Å². The van der Waals surface area contributed by atoms with Crippen LogP contribution in [-0.4, -0.2) is 4.98 Å². The van der Waals surface area contributed by atoms with Crippen molar-refractivity contribution < 1.29 is 0 Å². The average Bonchev–Trinajstić information content (AvgIpc) is 2.78. The largest absolute Gasteiger partial charge is 0.376 e. The van der Waals surface area contributed by atoms with Gasteiger partial charge in [-0.1, -0.05) is 17.7 Å². The van der Waals surface area contributed by atoms with Gasteiger partial charge in [0.2, 0.25) is 0 Å². The van der Waals surface area contributed by atoms with Crippen molar-refractivity contribution in [2.75, 3.05) is 5.32 Å². The Balaban J connectivity index is 1.88. The van der Waals surface area contributed by atoms with Gasteiger partial charge >= 0.3 is 0 Å². The van der Waals surface area contributed by atoms with E-state index in [1.807, 2.05) is 30.5 Å². The zero-order valence-corrected chi connectivity index (χ0v) is 12.0. The van der Waals surface area contributed by atoms with Crippen molar-refractivity contribution >= 4 is 33.2 Å². The standard InChI is InChI=1S/C14H12BrClN2/c15-11-5-4-10(16)8-13(11)18-12-6-3-9-2-1-7-17-14(9)12/h1-2,4-5,7-8,12,18H,3,6H2. The molecule has 1 aromatic heterocycles. The zero-order chi connectivity index (χ0) is 12.5. The molecule has 0 bridgehead atoms. The lowest BCUT2D eigenvalue weighted by Crippen LogP contribution is -2.08. The fraction of sp³-hybridized carbons (Fsp3) is 0.214. The molecule has 0 saturated carbocycles. The van der Waals surface area contributed by atoms with Crippen molar-refractivity contribution in [2.24, 2.45) is 0 Å². The summed E-state index contributed by atoms with van der Waals surface area (Å²) in [5, 5.41) is 4.25. The minimum absolute atomic E-state index is 0.274. The van der Waals surface area contributed by atoms with Gasteiger partial charge in [-0.25, -0.2) is 0 Å². The highest BCUT2D eigenvalue weighted by Crippen LogP contribution is 2.35. The Hall–Kier alpha value is -1.06. The Labute approximate surface area is 120 Å². The van der Waals surface area contributed by atoms with Gasteiger partial charge < -0.3 is 5.32 Å². The highest BCUT2D eigenvalue weighted by Gasteiger charge is 2.23. The summed E-state index contributed by atoms with van der Waals surface area (Å²) in [5.41, 5.74) is 3.52. The molecular formula is C14H12BrClN2. The molecule has 0 spiro atoms. The molecule has 0 amide bonds. The van der Waals surface area contributed by atoms with Gasteiger partial charge in [0.1, 0.15) is 0 Å². The molecule has 3 rings (SSSR count). The third-order valence-corrected chi connectivity index (χ3v) is 4.14. The monoisotopic (exact) mass is 322 g/mol. The second-order valence-corrected chi connectivity index (χ2v) is 5.70. The highest BCUT2D eigenvalue weighted by atomic mass is 79.9. The molecule has 2 nitrogen and oxygen atoms in total. The number of halogens is 2. The minimum atomic E-state index is 0.274. The van der Waals surface area contributed by atoms with E-state index in [9.17, 15) is 0 Å². The highest BCUT2D eigenvalue weighted by molar-refractivity contribution is 9.10. The van der Waals surface area contributed by atoms with Gasteiger partial charge in [0.05, 0.1) is 17.4 Å². The Bertz CT molecular complexity index is 586. The van der Waals surface area contributed by atoms with E-state index in [0.29, 0.717) is 0 Å². The van der Waals surface area contributed by atoms with E-state index in [4.69, 9.17) is 11.6 Å². The Kier molecular flexibility index (Phi) is 3.27. The number of hydrogen-bond donors (Lipinski definition) is 1. The fourth-order valence-corrected chi connectivity index (χ4v) is 2.88. The molecule has 18 heavy (non-hydrogen) atoms. The maximum Gasteiger partial charge on any atom is 0.0691 e. The first-order chi connectivity index (χ1) is 8.74. The zero-order valence-electron chi connectivity index (χ0n) is 9.66. The predicted molar refractivity (Wildman–Crippen MR) is 78.1 cm³/mol. The summed E-state index contributed by atoms with van der Waals surface area (Å²) in [7, 11) is 0. The van der Waals surface area contributed by atoms with Crippen LogP contribution in [-0.2, 0) is 6.42 Å². The van der Waals surface area contributed by atoms with E-state index < -0.39 is 0 Å². The Morgan fingerprint density at radius 1 is 1.33 bits per heavy atom. The van der Waals surface area contributed by atoms with E-state index in [0.717, 1.165) is 33.7 Å². The quantitative estimate of drug-likeness (QED) is 0.874. The number of aryl methyl sites for hydroxylation is 1. The van der Waals surface area contributed by atoms with E-state index in [2.05, 4.69) is 32.3 Å². The minimum Gasteiger partial charge on any atom is -0.376 e. The molecule has 2 aromatic rings. The topological polar surface area (TPSA) is 24.9 Å². The summed E-state index contributed by atoms with van der Waals surface area (Å²) in [6.45, 7) is 0. The summed E-state index contributed by atoms with van der Waals surface area (Å²) in [6, 6.07) is 10.2. The Morgan fingerprint density at radius 2 is 2.22 bits per heavy atom. The number of fused-ring (bicyclic) bond motifs is 1. The first-order valence-corrected chi connectivity index (χ1v) is 7.06. The second kappa shape index (κ2) is 4.90. The summed E-state index contributed by atoms with van der Waals surface area (Å²) in [4.78, 5) is 4.48. The molecule has 1 atom stereocenters. The molecule has 92 valence electrons. The summed E-state index contributed by atoms with van der Waals surface area (Å²) in [5.74, 6) is 0. The molecule has 1 aliphatic rings. The molecule has 0 aliphatic heterocycles. The molecule has 1 N–H and O–H groups in total. The number of benzene rings is 1. The number of aromatic nitrogens is 1. The van der Waals surface area contributed by atoms with Crippen molar-refractivity contribution in [3.05, 3.63) is 57.3 Å². The van der Waals surface area contributed by atoms with Crippen LogP contribution in [0.1, 0.15) is 23.7 Å². The molecular weight excluding hydrogens is 312 g/mol. The Morgan fingerprint density at radius 3 is 3.11 bits per heavy atom. The number of nitrogens with zero attached hydrogens (tertiary/aromatic N) is 1. The molecule has 1 unspecified atom stereocenters. The van der Waals surface area contributed by atoms with Crippen molar-refractivity contribution in [3.8, 4) is 0 Å². The van der Waals surface area contributed by atoms with Crippen LogP contribution in [0.4, 0.5) is 5.69 Å². The summed E-state index contributed by atoms with van der Waals surface area (Å²) >= 11 is 9.56. The lowest BCUT2D eigenvalue weighted by molar-refractivity contribution is 0.745. The molecule has 1 heterocycles. The van der Waals surface area contributed by atoms with Gasteiger partial charge in [0, 0.05) is 15.7 Å². The first kappa shape index (κ1) is 12.0. The SMILES string of the molecule is Clc1ccc(Br)c(NC2CCc3cccnc32)c1. The molecule has 1 aliphatic carbocycles. The van der Waals surface area contributed by atoms with Crippen LogP contribution in [0.2, 0.25) is 5.02 Å². The lowest BCUT2D eigenvalue weighted by Gasteiger charge is -2.16. The van der Waals surface area contributed by atoms with Gasteiger partial charge in [-0.15, -0.1) is 0 Å². The van der Waals surface area contributed by atoms with E-state index >= 15 is 0 Å². The van der Waals surface area contributed by atoms with Crippen LogP contribution in [0.5, 0.6) is 0 Å². The van der Waals surface area contributed by atoms with Crippen LogP contribution in [0.3, 0.4) is 0 Å². The fourth-order valence-electron chi connectivity index (χ4n) is 2.35. The first-order valence-electron chi connectivity index (χ1n) is 5.89. The number of rotatable bonds is 2. The average molecular weight is 324 g/mol. The van der Waals surface area contributed by atoms with E-state index in [1.165, 1.54) is 5.56 Å². The van der Waals surface area contributed by atoms with Crippen LogP contribution in [0, 0.1) is 0 Å². The smallest absolute Gasteiger partial charge is 0.0691 e. The van der Waals surface area contributed by atoms with Crippen molar-refractivity contribution in [1.82, 2.24) is 4.98 Å². The normalized spacial score (nSPS) is 17.6. The maximum atomic E-state index is 6.03. The van der Waals surface area contributed by atoms with Gasteiger partial charge in [-0.3, -0.25) is 4.98 Å². The molecule has 0 radical (unpaired) electrons. The van der Waals surface area contributed by atoms with Crippen LogP contribution in [0.15, 0.2) is 41.0 Å². The predicted octanol–water partition coefficient (Wildman–Crippen LogP) is 4.60. The third-order valence-electron chi connectivity index (χ3n) is 3.22. The van der Waals surface area contributed by atoms with Crippen LogP contribution >= 0.6 is 27.5 Å². The number of anilines is 1.